The van der Waals surface area contributed by atoms with E-state index in [1.807, 2.05) is 0 Å². The molecular weight excluding hydrogens is 168 g/mol. The monoisotopic (exact) mass is 196 g/mol. The Labute approximate surface area is 90.8 Å². The van der Waals surface area contributed by atoms with Crippen molar-refractivity contribution in [1.29, 1.82) is 0 Å². The summed E-state index contributed by atoms with van der Waals surface area (Å²) in [6.45, 7) is 11.5. The topological polar surface area (TPSA) is 0 Å². The van der Waals surface area contributed by atoms with E-state index in [9.17, 15) is 0 Å². The van der Waals surface area contributed by atoms with Gasteiger partial charge in [-0.15, -0.1) is 0 Å². The lowest BCUT2D eigenvalue weighted by Gasteiger charge is -2.15. The van der Waals surface area contributed by atoms with Crippen LogP contribution in [-0.4, -0.2) is 0 Å². The molecule has 0 saturated carbocycles. The first kappa shape index (κ1) is 13.7. The zero-order valence-electron chi connectivity index (χ0n) is 10.8. The Morgan fingerprint density at radius 1 is 1.07 bits per heavy atom. The highest BCUT2D eigenvalue weighted by molar-refractivity contribution is 5.14. The lowest BCUT2D eigenvalue weighted by molar-refractivity contribution is 0.624. The summed E-state index contributed by atoms with van der Waals surface area (Å²) in [7, 11) is 0. The molecule has 0 aliphatic carbocycles. The van der Waals surface area contributed by atoms with Gasteiger partial charge in [0.25, 0.3) is 0 Å². The van der Waals surface area contributed by atoms with Crippen molar-refractivity contribution in [2.75, 3.05) is 0 Å². The molecular formula is C14H28. The molecule has 0 N–H and O–H groups in total. The second-order valence-electron chi connectivity index (χ2n) is 4.41. The van der Waals surface area contributed by atoms with E-state index < -0.39 is 0 Å². The van der Waals surface area contributed by atoms with Crippen molar-refractivity contribution in [2.24, 2.45) is 5.92 Å². The van der Waals surface area contributed by atoms with Gasteiger partial charge in [0.1, 0.15) is 0 Å². The lowest BCUT2D eigenvalue weighted by atomic mass is 9.91. The van der Waals surface area contributed by atoms with Crippen molar-refractivity contribution >= 4 is 0 Å². The molecule has 0 nitrogen and oxygen atoms in total. The van der Waals surface area contributed by atoms with Gasteiger partial charge in [-0.05, 0) is 38.5 Å². The number of rotatable bonds is 7. The Balaban J connectivity index is 4.20. The summed E-state index contributed by atoms with van der Waals surface area (Å²) in [5.41, 5.74) is 3.37. The summed E-state index contributed by atoms with van der Waals surface area (Å²) < 4.78 is 0. The van der Waals surface area contributed by atoms with Crippen LogP contribution in [0.2, 0.25) is 0 Å². The molecule has 0 aromatic carbocycles. The van der Waals surface area contributed by atoms with Crippen molar-refractivity contribution in [3.63, 3.8) is 0 Å². The maximum Gasteiger partial charge on any atom is -0.0234 e. The van der Waals surface area contributed by atoms with Crippen molar-refractivity contribution in [1.82, 2.24) is 0 Å². The minimum atomic E-state index is 0.784. The number of unbranched alkanes of at least 4 members (excludes halogenated alkanes) is 2. The minimum absolute atomic E-state index is 0.784. The van der Waals surface area contributed by atoms with Gasteiger partial charge in [-0.2, -0.15) is 0 Å². The molecule has 14 heavy (non-hydrogen) atoms. The van der Waals surface area contributed by atoms with Gasteiger partial charge >= 0.3 is 0 Å². The quantitative estimate of drug-likeness (QED) is 0.381. The normalized spacial score (nSPS) is 15.2. The van der Waals surface area contributed by atoms with Crippen molar-refractivity contribution in [3.05, 3.63) is 11.1 Å². The molecule has 0 rings (SSSR count). The molecule has 0 aromatic heterocycles. The maximum absolute atomic E-state index is 2.35. The average molecular weight is 196 g/mol. The van der Waals surface area contributed by atoms with Crippen LogP contribution in [0.3, 0.4) is 0 Å². The molecule has 0 heterocycles. The highest BCUT2D eigenvalue weighted by atomic mass is 14.1. The van der Waals surface area contributed by atoms with Crippen LogP contribution in [0.1, 0.15) is 73.1 Å². The first-order chi connectivity index (χ1) is 6.67. The van der Waals surface area contributed by atoms with E-state index in [2.05, 4.69) is 34.6 Å². The van der Waals surface area contributed by atoms with Gasteiger partial charge in [0, 0.05) is 0 Å². The van der Waals surface area contributed by atoms with Gasteiger partial charge in [-0.1, -0.05) is 51.7 Å². The van der Waals surface area contributed by atoms with Crippen LogP contribution in [0.4, 0.5) is 0 Å². The summed E-state index contributed by atoms with van der Waals surface area (Å²) in [5, 5.41) is 0. The summed E-state index contributed by atoms with van der Waals surface area (Å²) in [4.78, 5) is 0. The predicted octanol–water partition coefficient (Wildman–Crippen LogP) is 5.34. The summed E-state index contributed by atoms with van der Waals surface area (Å²) in [6.07, 6.45) is 7.97. The molecule has 0 radical (unpaired) electrons. The van der Waals surface area contributed by atoms with Gasteiger partial charge in [0.15, 0.2) is 0 Å². The Kier molecular flexibility index (Phi) is 7.93. The fourth-order valence-corrected chi connectivity index (χ4v) is 1.90. The average Bonchev–Trinajstić information content (AvgIpc) is 2.22. The smallest absolute Gasteiger partial charge is 0.0234 e. The van der Waals surface area contributed by atoms with E-state index in [1.165, 1.54) is 38.5 Å². The SMILES string of the molecule is CCCCCC(CC)=C(C)C(C)CC. The molecule has 0 heteroatoms. The lowest BCUT2D eigenvalue weighted by Crippen LogP contribution is -1.99. The second-order valence-corrected chi connectivity index (χ2v) is 4.41. The van der Waals surface area contributed by atoms with Crippen LogP contribution >= 0.6 is 0 Å². The molecule has 1 atom stereocenters. The predicted molar refractivity (Wildman–Crippen MR) is 66.6 cm³/mol. The van der Waals surface area contributed by atoms with Gasteiger partial charge in [0.05, 0.1) is 0 Å². The van der Waals surface area contributed by atoms with Gasteiger partial charge in [-0.25, -0.2) is 0 Å². The van der Waals surface area contributed by atoms with Gasteiger partial charge < -0.3 is 0 Å². The molecule has 0 aromatic rings. The van der Waals surface area contributed by atoms with E-state index in [0.29, 0.717) is 0 Å². The van der Waals surface area contributed by atoms with E-state index in [0.717, 1.165) is 5.92 Å². The highest BCUT2D eigenvalue weighted by Crippen LogP contribution is 2.23. The van der Waals surface area contributed by atoms with Crippen LogP contribution in [-0.2, 0) is 0 Å². The van der Waals surface area contributed by atoms with Gasteiger partial charge in [0.2, 0.25) is 0 Å². The fraction of sp³-hybridized carbons (Fsp3) is 0.857. The second kappa shape index (κ2) is 8.08. The maximum atomic E-state index is 2.35. The summed E-state index contributed by atoms with van der Waals surface area (Å²) >= 11 is 0. The Morgan fingerprint density at radius 3 is 2.14 bits per heavy atom. The van der Waals surface area contributed by atoms with E-state index in [1.54, 1.807) is 11.1 Å². The van der Waals surface area contributed by atoms with E-state index in [-0.39, 0.29) is 0 Å². The van der Waals surface area contributed by atoms with Crippen molar-refractivity contribution < 1.29 is 0 Å². The standard InChI is InChI=1S/C14H28/c1-6-9-10-11-14(8-3)13(5)12(4)7-2/h12H,6-11H2,1-5H3. The van der Waals surface area contributed by atoms with Crippen molar-refractivity contribution in [3.8, 4) is 0 Å². The number of hydrogen-bond acceptors (Lipinski definition) is 0. The zero-order valence-corrected chi connectivity index (χ0v) is 10.8. The summed E-state index contributed by atoms with van der Waals surface area (Å²) in [6, 6.07) is 0. The summed E-state index contributed by atoms with van der Waals surface area (Å²) in [5.74, 6) is 0.784. The molecule has 0 aliphatic heterocycles. The van der Waals surface area contributed by atoms with Crippen LogP contribution < -0.4 is 0 Å². The van der Waals surface area contributed by atoms with E-state index in [4.69, 9.17) is 0 Å². The van der Waals surface area contributed by atoms with Crippen LogP contribution in [0, 0.1) is 5.92 Å². The zero-order chi connectivity index (χ0) is 11.0. The number of allylic oxidation sites excluding steroid dienone is 2. The molecule has 0 spiro atoms. The van der Waals surface area contributed by atoms with Crippen LogP contribution in [0.25, 0.3) is 0 Å². The van der Waals surface area contributed by atoms with Gasteiger partial charge in [-0.3, -0.25) is 0 Å². The fourth-order valence-electron chi connectivity index (χ4n) is 1.90. The number of hydrogen-bond donors (Lipinski definition) is 0. The van der Waals surface area contributed by atoms with Crippen LogP contribution in [0.15, 0.2) is 11.1 Å². The molecule has 1 unspecified atom stereocenters. The molecule has 0 amide bonds. The Morgan fingerprint density at radius 2 is 1.71 bits per heavy atom. The third-order valence-corrected chi connectivity index (χ3v) is 3.42. The largest absolute Gasteiger partial charge is 0.0713 e. The first-order valence-corrected chi connectivity index (χ1v) is 6.35. The molecule has 0 bridgehead atoms. The molecule has 0 fully saturated rings. The first-order valence-electron chi connectivity index (χ1n) is 6.35. The third-order valence-electron chi connectivity index (χ3n) is 3.42. The van der Waals surface area contributed by atoms with Crippen molar-refractivity contribution in [2.45, 2.75) is 73.1 Å². The molecule has 0 saturated heterocycles. The third kappa shape index (κ3) is 4.83. The minimum Gasteiger partial charge on any atom is -0.0713 e. The molecule has 0 aliphatic rings. The Hall–Kier alpha value is -0.260. The van der Waals surface area contributed by atoms with Crippen LogP contribution in [0.5, 0.6) is 0 Å². The Bertz CT molecular complexity index is 165. The van der Waals surface area contributed by atoms with E-state index >= 15 is 0 Å². The highest BCUT2D eigenvalue weighted by Gasteiger charge is 2.06. The molecule has 84 valence electrons.